The van der Waals surface area contributed by atoms with Gasteiger partial charge in [-0.15, -0.1) is 24.0 Å². The molecule has 1 fully saturated rings. The first-order valence-electron chi connectivity index (χ1n) is 10.8. The van der Waals surface area contributed by atoms with Gasteiger partial charge < -0.3 is 20.1 Å². The molecule has 2 N–H and O–H groups in total. The molecule has 2 aromatic carbocycles. The fraction of sp³-hybridized carbons (Fsp3) is 0.458. The highest BCUT2D eigenvalue weighted by atomic mass is 127. The number of halogens is 2. The molecule has 8 heteroatoms. The van der Waals surface area contributed by atoms with Gasteiger partial charge in [0.15, 0.2) is 17.5 Å². The van der Waals surface area contributed by atoms with Crippen LogP contribution in [0.2, 0.25) is 0 Å². The number of piperidine rings is 1. The highest BCUT2D eigenvalue weighted by Gasteiger charge is 2.20. The van der Waals surface area contributed by atoms with E-state index in [1.165, 1.54) is 7.11 Å². The Bertz CT molecular complexity index is 845. The summed E-state index contributed by atoms with van der Waals surface area (Å²) >= 11 is 0. The van der Waals surface area contributed by atoms with Crippen LogP contribution in [0.5, 0.6) is 11.5 Å². The molecule has 2 aromatic rings. The van der Waals surface area contributed by atoms with Crippen molar-refractivity contribution >= 4 is 29.9 Å². The van der Waals surface area contributed by atoms with Crippen molar-refractivity contribution in [2.45, 2.75) is 38.5 Å². The van der Waals surface area contributed by atoms with Crippen LogP contribution >= 0.6 is 24.0 Å². The van der Waals surface area contributed by atoms with Crippen LogP contribution in [0.3, 0.4) is 0 Å². The third-order valence-corrected chi connectivity index (χ3v) is 5.41. The van der Waals surface area contributed by atoms with Gasteiger partial charge >= 0.3 is 0 Å². The molecule has 1 aliphatic heterocycles. The van der Waals surface area contributed by atoms with E-state index >= 15 is 0 Å². The summed E-state index contributed by atoms with van der Waals surface area (Å²) < 4.78 is 24.8. The molecule has 3 rings (SSSR count). The smallest absolute Gasteiger partial charge is 0.191 e. The number of likely N-dealkylation sites (tertiary alicyclic amines) is 1. The molecule has 0 spiro atoms. The molecule has 6 nitrogen and oxygen atoms in total. The molecule has 1 unspecified atom stereocenters. The zero-order chi connectivity index (χ0) is 22.1. The second kappa shape index (κ2) is 13.5. The lowest BCUT2D eigenvalue weighted by atomic mass is 10.0. The molecular formula is C24H34FIN4O2. The lowest BCUT2D eigenvalue weighted by Gasteiger charge is -2.33. The summed E-state index contributed by atoms with van der Waals surface area (Å²) in [7, 11) is 3.26. The third kappa shape index (κ3) is 8.12. The zero-order valence-corrected chi connectivity index (χ0v) is 21.3. The Morgan fingerprint density at radius 3 is 2.53 bits per heavy atom. The largest absolute Gasteiger partial charge is 0.494 e. The number of ether oxygens (including phenoxy) is 2. The van der Waals surface area contributed by atoms with Crippen molar-refractivity contribution in [3.63, 3.8) is 0 Å². The number of methoxy groups -OCH3 is 1. The molecule has 0 radical (unpaired) electrons. The quantitative estimate of drug-likeness (QED) is 0.292. The Labute approximate surface area is 207 Å². The number of hydrogen-bond acceptors (Lipinski definition) is 4. The van der Waals surface area contributed by atoms with E-state index in [2.05, 4.69) is 20.5 Å². The van der Waals surface area contributed by atoms with Crippen molar-refractivity contribution in [2.24, 2.45) is 4.99 Å². The molecule has 1 aliphatic rings. The summed E-state index contributed by atoms with van der Waals surface area (Å²) in [6, 6.07) is 15.4. The number of para-hydroxylation sites is 1. The van der Waals surface area contributed by atoms with Crippen molar-refractivity contribution in [1.29, 1.82) is 0 Å². The fourth-order valence-corrected chi connectivity index (χ4v) is 3.70. The van der Waals surface area contributed by atoms with Crippen LogP contribution in [-0.4, -0.2) is 56.8 Å². The average Bonchev–Trinajstić information content (AvgIpc) is 2.78. The molecule has 1 atom stereocenters. The van der Waals surface area contributed by atoms with Gasteiger partial charge in [0.2, 0.25) is 0 Å². The third-order valence-electron chi connectivity index (χ3n) is 5.41. The fourth-order valence-electron chi connectivity index (χ4n) is 3.70. The van der Waals surface area contributed by atoms with Crippen LogP contribution in [0.15, 0.2) is 53.5 Å². The van der Waals surface area contributed by atoms with E-state index in [0.717, 1.165) is 49.7 Å². The second-order valence-corrected chi connectivity index (χ2v) is 7.86. The summed E-state index contributed by atoms with van der Waals surface area (Å²) in [5, 5.41) is 6.87. The summed E-state index contributed by atoms with van der Waals surface area (Å²) in [5.41, 5.74) is 0.967. The Morgan fingerprint density at radius 1 is 1.19 bits per heavy atom. The number of rotatable bonds is 8. The van der Waals surface area contributed by atoms with Gasteiger partial charge in [0.1, 0.15) is 11.9 Å². The van der Waals surface area contributed by atoms with E-state index in [1.54, 1.807) is 19.2 Å². The first-order chi connectivity index (χ1) is 15.1. The summed E-state index contributed by atoms with van der Waals surface area (Å²) in [4.78, 5) is 6.70. The molecule has 0 aliphatic carbocycles. The molecule has 1 saturated heterocycles. The van der Waals surface area contributed by atoms with Gasteiger partial charge in [0.05, 0.1) is 13.7 Å². The van der Waals surface area contributed by atoms with Crippen LogP contribution in [0.25, 0.3) is 0 Å². The SMILES string of the molecule is CN=C(NCC(C)Oc1ccccc1)NC1CCN(Cc2ccc(OC)c(F)c2)CC1.I. The van der Waals surface area contributed by atoms with Crippen LogP contribution in [0, 0.1) is 5.82 Å². The molecule has 0 bridgehead atoms. The van der Waals surface area contributed by atoms with E-state index in [0.29, 0.717) is 12.6 Å². The van der Waals surface area contributed by atoms with Crippen LogP contribution in [-0.2, 0) is 6.54 Å². The Kier molecular flexibility index (Phi) is 11.0. The zero-order valence-electron chi connectivity index (χ0n) is 19.0. The number of aliphatic imine (C=N–C) groups is 1. The maximum atomic E-state index is 13.9. The number of nitrogens with one attached hydrogen (secondary N) is 2. The normalized spacial score (nSPS) is 16.1. The Hall–Kier alpha value is -2.07. The molecule has 0 saturated carbocycles. The first-order valence-corrected chi connectivity index (χ1v) is 10.8. The second-order valence-electron chi connectivity index (χ2n) is 7.86. The van der Waals surface area contributed by atoms with Crippen molar-refractivity contribution < 1.29 is 13.9 Å². The minimum absolute atomic E-state index is 0. The lowest BCUT2D eigenvalue weighted by Crippen LogP contribution is -2.49. The van der Waals surface area contributed by atoms with Crippen molar-refractivity contribution in [2.75, 3.05) is 33.8 Å². The van der Waals surface area contributed by atoms with Crippen molar-refractivity contribution in [3.05, 3.63) is 59.9 Å². The van der Waals surface area contributed by atoms with E-state index in [4.69, 9.17) is 9.47 Å². The van der Waals surface area contributed by atoms with Crippen molar-refractivity contribution in [3.8, 4) is 11.5 Å². The Balaban J connectivity index is 0.00000363. The summed E-state index contributed by atoms with van der Waals surface area (Å²) in [6.45, 7) is 5.35. The van der Waals surface area contributed by atoms with E-state index in [-0.39, 0.29) is 41.6 Å². The van der Waals surface area contributed by atoms with Gasteiger partial charge in [-0.2, -0.15) is 0 Å². The van der Waals surface area contributed by atoms with E-state index < -0.39 is 0 Å². The molecule has 1 heterocycles. The highest BCUT2D eigenvalue weighted by molar-refractivity contribution is 14.0. The van der Waals surface area contributed by atoms with Gasteiger partial charge in [-0.05, 0) is 49.6 Å². The van der Waals surface area contributed by atoms with E-state index in [9.17, 15) is 4.39 Å². The number of nitrogens with zero attached hydrogens (tertiary/aromatic N) is 2. The lowest BCUT2D eigenvalue weighted by molar-refractivity contribution is 0.197. The van der Waals surface area contributed by atoms with Gasteiger partial charge in [0, 0.05) is 32.7 Å². The minimum Gasteiger partial charge on any atom is -0.494 e. The van der Waals surface area contributed by atoms with Gasteiger partial charge in [0.25, 0.3) is 0 Å². The maximum Gasteiger partial charge on any atom is 0.191 e. The maximum absolute atomic E-state index is 13.9. The first kappa shape index (κ1) is 26.2. The standard InChI is InChI=1S/C24H33FN4O2.HI/c1-18(31-21-7-5-4-6-8-21)16-27-24(26-2)28-20-11-13-29(14-12-20)17-19-9-10-23(30-3)22(25)15-19;/h4-10,15,18,20H,11-14,16-17H2,1-3H3,(H2,26,27,28);1H. The van der Waals surface area contributed by atoms with Crippen molar-refractivity contribution in [1.82, 2.24) is 15.5 Å². The monoisotopic (exact) mass is 556 g/mol. The molecular weight excluding hydrogens is 522 g/mol. The van der Waals surface area contributed by atoms with Crippen LogP contribution in [0.4, 0.5) is 4.39 Å². The van der Waals surface area contributed by atoms with Gasteiger partial charge in [-0.1, -0.05) is 24.3 Å². The molecule has 176 valence electrons. The predicted molar refractivity (Wildman–Crippen MR) is 138 cm³/mol. The highest BCUT2D eigenvalue weighted by Crippen LogP contribution is 2.20. The number of hydrogen-bond donors (Lipinski definition) is 2. The average molecular weight is 556 g/mol. The molecule has 32 heavy (non-hydrogen) atoms. The molecule has 0 aromatic heterocycles. The summed E-state index contributed by atoms with van der Waals surface area (Å²) in [5.74, 6) is 1.63. The minimum atomic E-state index is -0.308. The Morgan fingerprint density at radius 2 is 1.91 bits per heavy atom. The van der Waals surface area contributed by atoms with Gasteiger partial charge in [-0.3, -0.25) is 9.89 Å². The number of benzene rings is 2. The summed E-state index contributed by atoms with van der Waals surface area (Å²) in [6.07, 6.45) is 2.04. The van der Waals surface area contributed by atoms with Gasteiger partial charge in [-0.25, -0.2) is 4.39 Å². The van der Waals surface area contributed by atoms with Crippen LogP contribution in [0.1, 0.15) is 25.3 Å². The molecule has 0 amide bonds. The van der Waals surface area contributed by atoms with Crippen LogP contribution < -0.4 is 20.1 Å². The number of guanidine groups is 1. The van der Waals surface area contributed by atoms with E-state index in [1.807, 2.05) is 43.3 Å². The topological polar surface area (TPSA) is 58.1 Å². The predicted octanol–water partition coefficient (Wildman–Crippen LogP) is 4.05.